The summed E-state index contributed by atoms with van der Waals surface area (Å²) < 4.78 is 7.49. The van der Waals surface area contributed by atoms with E-state index in [1.54, 1.807) is 6.33 Å². The third kappa shape index (κ3) is 4.66. The molecule has 2 atom stereocenters. The van der Waals surface area contributed by atoms with Gasteiger partial charge < -0.3 is 20.4 Å². The molecule has 128 valence electrons. The van der Waals surface area contributed by atoms with E-state index < -0.39 is 6.04 Å². The van der Waals surface area contributed by atoms with Crippen LogP contribution < -0.4 is 11.1 Å². The molecule has 1 fully saturated rings. The van der Waals surface area contributed by atoms with Gasteiger partial charge in [0, 0.05) is 32.3 Å². The topological polar surface area (TPSA) is 82.2 Å². The van der Waals surface area contributed by atoms with E-state index in [0.29, 0.717) is 13.0 Å². The fraction of sp³-hybridized carbons (Fsp3) is 0.444. The predicted molar refractivity (Wildman–Crippen MR) is 91.4 cm³/mol. The van der Waals surface area contributed by atoms with Gasteiger partial charge in [-0.3, -0.25) is 4.79 Å². The monoisotopic (exact) mass is 328 g/mol. The Morgan fingerprint density at radius 3 is 3.00 bits per heavy atom. The second kappa shape index (κ2) is 8.08. The van der Waals surface area contributed by atoms with Crippen LogP contribution in [0.2, 0.25) is 0 Å². The van der Waals surface area contributed by atoms with Crippen LogP contribution in [0.5, 0.6) is 0 Å². The lowest BCUT2D eigenvalue weighted by molar-refractivity contribution is -0.122. The summed E-state index contributed by atoms with van der Waals surface area (Å²) in [5.74, 6) is -0.150. The van der Waals surface area contributed by atoms with E-state index in [0.717, 1.165) is 31.7 Å². The summed E-state index contributed by atoms with van der Waals surface area (Å²) in [6.45, 7) is 2.08. The first-order chi connectivity index (χ1) is 11.7. The van der Waals surface area contributed by atoms with Gasteiger partial charge in [-0.2, -0.15) is 0 Å². The maximum atomic E-state index is 12.1. The predicted octanol–water partition coefficient (Wildman–Crippen LogP) is 1.10. The number of hydrogen-bond acceptors (Lipinski definition) is 4. The van der Waals surface area contributed by atoms with Crippen molar-refractivity contribution in [3.63, 3.8) is 0 Å². The third-order valence-corrected chi connectivity index (χ3v) is 4.19. The molecule has 2 heterocycles. The third-order valence-electron chi connectivity index (χ3n) is 4.19. The zero-order chi connectivity index (χ0) is 16.8. The molecule has 6 heteroatoms. The lowest BCUT2D eigenvalue weighted by Gasteiger charge is -2.14. The Balaban J connectivity index is 1.47. The Morgan fingerprint density at radius 2 is 2.25 bits per heavy atom. The van der Waals surface area contributed by atoms with Gasteiger partial charge in [-0.1, -0.05) is 30.3 Å². The van der Waals surface area contributed by atoms with Crippen LogP contribution in [0.1, 0.15) is 24.1 Å². The van der Waals surface area contributed by atoms with Crippen LogP contribution in [0.15, 0.2) is 42.9 Å². The molecule has 0 bridgehead atoms. The summed E-state index contributed by atoms with van der Waals surface area (Å²) in [7, 11) is 0. The van der Waals surface area contributed by atoms with Crippen molar-refractivity contribution in [2.75, 3.05) is 13.2 Å². The summed E-state index contributed by atoms with van der Waals surface area (Å²) in [4.78, 5) is 16.4. The number of hydrogen-bond donors (Lipinski definition) is 2. The summed E-state index contributed by atoms with van der Waals surface area (Å²) in [5.41, 5.74) is 8.03. The standard InChI is InChI=1S/C18H24N4O2/c19-17(18(23)20-10-16-7-4-8-24-16)9-15-12-22(13-21-15)11-14-5-2-1-3-6-14/h1-3,5-6,12-13,16-17H,4,7-11,19H2,(H,20,23)/t16?,17-/m0/s1. The van der Waals surface area contributed by atoms with Crippen molar-refractivity contribution in [2.24, 2.45) is 5.73 Å². The quantitative estimate of drug-likeness (QED) is 0.797. The van der Waals surface area contributed by atoms with Crippen molar-refractivity contribution >= 4 is 5.91 Å². The van der Waals surface area contributed by atoms with Gasteiger partial charge in [-0.25, -0.2) is 4.98 Å². The molecule has 0 radical (unpaired) electrons. The van der Waals surface area contributed by atoms with Crippen LogP contribution in [0, 0.1) is 0 Å². The average Bonchev–Trinajstić information content (AvgIpc) is 3.25. The number of aromatic nitrogens is 2. The Labute approximate surface area is 142 Å². The van der Waals surface area contributed by atoms with E-state index in [9.17, 15) is 4.79 Å². The van der Waals surface area contributed by atoms with Gasteiger partial charge in [0.1, 0.15) is 0 Å². The van der Waals surface area contributed by atoms with Gasteiger partial charge in [-0.15, -0.1) is 0 Å². The van der Waals surface area contributed by atoms with Crippen molar-refractivity contribution in [3.8, 4) is 0 Å². The Morgan fingerprint density at radius 1 is 1.42 bits per heavy atom. The Hall–Kier alpha value is -2.18. The minimum atomic E-state index is -0.591. The number of rotatable bonds is 7. The highest BCUT2D eigenvalue weighted by molar-refractivity contribution is 5.81. The van der Waals surface area contributed by atoms with Crippen LogP contribution >= 0.6 is 0 Å². The smallest absolute Gasteiger partial charge is 0.237 e. The molecule has 1 aliphatic heterocycles. The number of carbonyl (C=O) groups excluding carboxylic acids is 1. The number of nitrogens with two attached hydrogens (primary N) is 1. The molecule has 0 saturated carbocycles. The molecule has 1 aromatic heterocycles. The Bertz CT molecular complexity index is 650. The second-order valence-corrected chi connectivity index (χ2v) is 6.21. The van der Waals surface area contributed by atoms with Crippen molar-refractivity contribution in [3.05, 3.63) is 54.1 Å². The summed E-state index contributed by atoms with van der Waals surface area (Å²) >= 11 is 0. The Kier molecular flexibility index (Phi) is 5.61. The van der Waals surface area contributed by atoms with Crippen LogP contribution in [-0.4, -0.2) is 40.8 Å². The van der Waals surface area contributed by atoms with Gasteiger partial charge in [0.25, 0.3) is 0 Å². The molecular formula is C18H24N4O2. The molecule has 1 amide bonds. The number of benzene rings is 1. The average molecular weight is 328 g/mol. The van der Waals surface area contributed by atoms with E-state index >= 15 is 0 Å². The van der Waals surface area contributed by atoms with E-state index in [4.69, 9.17) is 10.5 Å². The van der Waals surface area contributed by atoms with Crippen molar-refractivity contribution < 1.29 is 9.53 Å². The lowest BCUT2D eigenvalue weighted by Crippen LogP contribution is -2.44. The number of carbonyl (C=O) groups is 1. The number of imidazole rings is 1. The van der Waals surface area contributed by atoms with Crippen LogP contribution in [-0.2, 0) is 22.5 Å². The van der Waals surface area contributed by atoms with Crippen LogP contribution in [0.3, 0.4) is 0 Å². The minimum absolute atomic E-state index is 0.131. The molecule has 1 aliphatic rings. The van der Waals surface area contributed by atoms with Gasteiger partial charge in [0.05, 0.1) is 24.2 Å². The number of ether oxygens (including phenoxy) is 1. The fourth-order valence-electron chi connectivity index (χ4n) is 2.86. The van der Waals surface area contributed by atoms with Gasteiger partial charge in [0.15, 0.2) is 0 Å². The first-order valence-electron chi connectivity index (χ1n) is 8.40. The van der Waals surface area contributed by atoms with Crippen LogP contribution in [0.4, 0.5) is 0 Å². The molecule has 3 N–H and O–H groups in total. The maximum Gasteiger partial charge on any atom is 0.237 e. The molecule has 2 aromatic rings. The summed E-state index contributed by atoms with van der Waals surface area (Å²) in [6, 6.07) is 9.58. The molecule has 6 nitrogen and oxygen atoms in total. The SMILES string of the molecule is N[C@@H](Cc1cn(Cc2ccccc2)cn1)C(=O)NCC1CCCO1. The highest BCUT2D eigenvalue weighted by atomic mass is 16.5. The molecule has 1 saturated heterocycles. The zero-order valence-electron chi connectivity index (χ0n) is 13.7. The minimum Gasteiger partial charge on any atom is -0.376 e. The van der Waals surface area contributed by atoms with Crippen LogP contribution in [0.25, 0.3) is 0 Å². The first kappa shape index (κ1) is 16.7. The van der Waals surface area contributed by atoms with Crippen molar-refractivity contribution in [1.82, 2.24) is 14.9 Å². The van der Waals surface area contributed by atoms with Gasteiger partial charge >= 0.3 is 0 Å². The van der Waals surface area contributed by atoms with E-state index in [1.807, 2.05) is 29.0 Å². The van der Waals surface area contributed by atoms with Gasteiger partial charge in [-0.05, 0) is 18.4 Å². The summed E-state index contributed by atoms with van der Waals surface area (Å²) in [5, 5.41) is 2.87. The molecule has 0 spiro atoms. The van der Waals surface area contributed by atoms with Gasteiger partial charge in [0.2, 0.25) is 5.91 Å². The summed E-state index contributed by atoms with van der Waals surface area (Å²) in [6.07, 6.45) is 6.34. The molecule has 1 unspecified atom stereocenters. The second-order valence-electron chi connectivity index (χ2n) is 6.21. The van der Waals surface area contributed by atoms with E-state index in [2.05, 4.69) is 22.4 Å². The normalized spacial score (nSPS) is 18.5. The lowest BCUT2D eigenvalue weighted by atomic mass is 10.1. The largest absolute Gasteiger partial charge is 0.376 e. The number of nitrogens with one attached hydrogen (secondary N) is 1. The maximum absolute atomic E-state index is 12.1. The van der Waals surface area contributed by atoms with Crippen molar-refractivity contribution in [1.29, 1.82) is 0 Å². The van der Waals surface area contributed by atoms with Crippen molar-refractivity contribution in [2.45, 2.75) is 38.0 Å². The van der Waals surface area contributed by atoms with E-state index in [1.165, 1.54) is 5.56 Å². The molecule has 0 aliphatic carbocycles. The van der Waals surface area contributed by atoms with E-state index in [-0.39, 0.29) is 12.0 Å². The number of amides is 1. The number of nitrogens with zero attached hydrogens (tertiary/aromatic N) is 2. The zero-order valence-corrected chi connectivity index (χ0v) is 13.7. The molecule has 24 heavy (non-hydrogen) atoms. The fourth-order valence-corrected chi connectivity index (χ4v) is 2.86. The highest BCUT2D eigenvalue weighted by Crippen LogP contribution is 2.10. The molecule has 1 aromatic carbocycles. The molecule has 3 rings (SSSR count). The highest BCUT2D eigenvalue weighted by Gasteiger charge is 2.19. The molecular weight excluding hydrogens is 304 g/mol. The first-order valence-corrected chi connectivity index (χ1v) is 8.40.